The summed E-state index contributed by atoms with van der Waals surface area (Å²) in [5, 5.41) is 3.91. The zero-order valence-electron chi connectivity index (χ0n) is 8.63. The van der Waals surface area contributed by atoms with Gasteiger partial charge in [-0.15, -0.1) is 0 Å². The first kappa shape index (κ1) is 12.1. The number of pyridine rings is 1. The molecule has 1 aliphatic heterocycles. The van der Waals surface area contributed by atoms with E-state index < -0.39 is 15.9 Å². The van der Waals surface area contributed by atoms with Crippen LogP contribution < -0.4 is 5.32 Å². The van der Waals surface area contributed by atoms with Gasteiger partial charge in [0.05, 0.1) is 11.8 Å². The van der Waals surface area contributed by atoms with Gasteiger partial charge < -0.3 is 5.32 Å². The van der Waals surface area contributed by atoms with Crippen LogP contribution in [-0.4, -0.2) is 31.1 Å². The second kappa shape index (κ2) is 4.46. The van der Waals surface area contributed by atoms with Gasteiger partial charge in [-0.05, 0) is 18.2 Å². The minimum Gasteiger partial charge on any atom is -0.345 e. The van der Waals surface area contributed by atoms with Crippen molar-refractivity contribution in [1.82, 2.24) is 10.3 Å². The Kier molecular flexibility index (Phi) is 3.17. The fraction of sp³-hybridized carbons (Fsp3) is 0.200. The topological polar surface area (TPSA) is 76.1 Å². The number of amides is 1. The summed E-state index contributed by atoms with van der Waals surface area (Å²) in [4.78, 5) is 15.5. The quantitative estimate of drug-likeness (QED) is 0.807. The first-order chi connectivity index (χ1) is 7.96. The van der Waals surface area contributed by atoms with Gasteiger partial charge in [0.25, 0.3) is 5.91 Å². The number of carbonyl (C=O) groups excluding carboxylic acids is 1. The highest BCUT2D eigenvalue weighted by molar-refractivity contribution is 7.94. The average Bonchev–Trinajstić information content (AvgIpc) is 2.58. The number of rotatable bonds is 2. The fourth-order valence-corrected chi connectivity index (χ4v) is 2.87. The van der Waals surface area contributed by atoms with Gasteiger partial charge in [-0.25, -0.2) is 13.4 Å². The van der Waals surface area contributed by atoms with Crippen LogP contribution in [0.1, 0.15) is 10.4 Å². The van der Waals surface area contributed by atoms with Crippen LogP contribution in [-0.2, 0) is 9.84 Å². The van der Waals surface area contributed by atoms with E-state index in [0.717, 1.165) is 5.41 Å². The molecular formula is C10H9ClN2O3S. The maximum Gasteiger partial charge on any atom is 0.251 e. The van der Waals surface area contributed by atoms with Crippen molar-refractivity contribution < 1.29 is 13.2 Å². The molecule has 0 saturated carbocycles. The number of aromatic nitrogens is 1. The predicted molar refractivity (Wildman–Crippen MR) is 63.4 cm³/mol. The molecule has 1 unspecified atom stereocenters. The molecule has 90 valence electrons. The maximum atomic E-state index is 11.7. The van der Waals surface area contributed by atoms with Crippen molar-refractivity contribution in [1.29, 1.82) is 0 Å². The van der Waals surface area contributed by atoms with Crippen LogP contribution in [0.4, 0.5) is 0 Å². The number of carbonyl (C=O) groups is 1. The molecule has 0 fully saturated rings. The summed E-state index contributed by atoms with van der Waals surface area (Å²) in [6, 6.07) is 2.44. The highest BCUT2D eigenvalue weighted by atomic mass is 35.5. The van der Waals surface area contributed by atoms with Gasteiger partial charge in [0.2, 0.25) is 0 Å². The van der Waals surface area contributed by atoms with E-state index in [1.54, 1.807) is 0 Å². The van der Waals surface area contributed by atoms with E-state index in [1.807, 2.05) is 0 Å². The van der Waals surface area contributed by atoms with Crippen molar-refractivity contribution in [2.45, 2.75) is 6.04 Å². The minimum atomic E-state index is -3.17. The first-order valence-corrected chi connectivity index (χ1v) is 6.89. The second-order valence-corrected chi connectivity index (χ2v) is 5.92. The van der Waals surface area contributed by atoms with Crippen LogP contribution in [0.15, 0.2) is 29.8 Å². The molecule has 0 bridgehead atoms. The van der Waals surface area contributed by atoms with Gasteiger partial charge in [0.1, 0.15) is 5.15 Å². The normalized spacial score (nSPS) is 21.4. The lowest BCUT2D eigenvalue weighted by molar-refractivity contribution is 0.0947. The Morgan fingerprint density at radius 3 is 2.88 bits per heavy atom. The maximum absolute atomic E-state index is 11.7. The van der Waals surface area contributed by atoms with E-state index in [2.05, 4.69) is 10.3 Å². The summed E-state index contributed by atoms with van der Waals surface area (Å²) >= 11 is 5.65. The molecule has 2 rings (SSSR count). The number of sulfone groups is 1. The summed E-state index contributed by atoms with van der Waals surface area (Å²) in [5.41, 5.74) is 0.350. The number of halogens is 1. The number of nitrogens with zero attached hydrogens (tertiary/aromatic N) is 1. The Hall–Kier alpha value is -1.40. The van der Waals surface area contributed by atoms with Gasteiger partial charge in [0.15, 0.2) is 9.84 Å². The van der Waals surface area contributed by atoms with Gasteiger partial charge in [-0.2, -0.15) is 0 Å². The van der Waals surface area contributed by atoms with Crippen LogP contribution in [0.25, 0.3) is 0 Å². The van der Waals surface area contributed by atoms with Crippen molar-refractivity contribution in [2.75, 3.05) is 5.75 Å². The van der Waals surface area contributed by atoms with E-state index >= 15 is 0 Å². The zero-order valence-corrected chi connectivity index (χ0v) is 10.2. The summed E-state index contributed by atoms with van der Waals surface area (Å²) in [7, 11) is -3.17. The average molecular weight is 273 g/mol. The van der Waals surface area contributed by atoms with Crippen molar-refractivity contribution in [3.8, 4) is 0 Å². The Morgan fingerprint density at radius 2 is 2.29 bits per heavy atom. The smallest absolute Gasteiger partial charge is 0.251 e. The molecule has 0 spiro atoms. The van der Waals surface area contributed by atoms with Crippen LogP contribution in [0, 0.1) is 0 Å². The molecule has 7 heteroatoms. The summed E-state index contributed by atoms with van der Waals surface area (Å²) in [6.07, 6.45) is 2.87. The molecule has 2 heterocycles. The lowest BCUT2D eigenvalue weighted by Gasteiger charge is -2.09. The fourth-order valence-electron chi connectivity index (χ4n) is 1.46. The second-order valence-electron chi connectivity index (χ2n) is 3.61. The molecule has 17 heavy (non-hydrogen) atoms. The molecule has 1 atom stereocenters. The van der Waals surface area contributed by atoms with Crippen LogP contribution in [0.3, 0.4) is 0 Å². The molecule has 1 N–H and O–H groups in total. The third-order valence-corrected chi connectivity index (χ3v) is 3.84. The summed E-state index contributed by atoms with van der Waals surface area (Å²) < 4.78 is 22.3. The SMILES string of the molecule is O=C(NC1C=CS(=O)(=O)C1)c1ccnc(Cl)c1. The van der Waals surface area contributed by atoms with Crippen LogP contribution in [0.5, 0.6) is 0 Å². The molecule has 5 nitrogen and oxygen atoms in total. The predicted octanol–water partition coefficient (Wildman–Crippen LogP) is 0.776. The van der Waals surface area contributed by atoms with Crippen molar-refractivity contribution >= 4 is 27.3 Å². The molecule has 0 aliphatic carbocycles. The van der Waals surface area contributed by atoms with Crippen molar-refractivity contribution in [3.05, 3.63) is 40.5 Å². The van der Waals surface area contributed by atoms with E-state index in [4.69, 9.17) is 11.6 Å². The van der Waals surface area contributed by atoms with E-state index in [1.165, 1.54) is 24.4 Å². The highest BCUT2D eigenvalue weighted by Gasteiger charge is 2.23. The first-order valence-electron chi connectivity index (χ1n) is 4.80. The van der Waals surface area contributed by atoms with Gasteiger partial charge >= 0.3 is 0 Å². The minimum absolute atomic E-state index is 0.0996. The molecule has 1 aromatic heterocycles. The van der Waals surface area contributed by atoms with Gasteiger partial charge in [-0.3, -0.25) is 4.79 Å². The van der Waals surface area contributed by atoms with Gasteiger partial charge in [0, 0.05) is 17.2 Å². The van der Waals surface area contributed by atoms with Crippen LogP contribution >= 0.6 is 11.6 Å². The molecule has 0 radical (unpaired) electrons. The van der Waals surface area contributed by atoms with Crippen molar-refractivity contribution in [2.24, 2.45) is 0 Å². The molecule has 0 saturated heterocycles. The van der Waals surface area contributed by atoms with Crippen LogP contribution in [0.2, 0.25) is 5.15 Å². The summed E-state index contributed by atoms with van der Waals surface area (Å²) in [5.74, 6) is -0.474. The summed E-state index contributed by atoms with van der Waals surface area (Å²) in [6.45, 7) is 0. The van der Waals surface area contributed by atoms with Gasteiger partial charge in [-0.1, -0.05) is 11.6 Å². The van der Waals surface area contributed by atoms with E-state index in [9.17, 15) is 13.2 Å². The standard InChI is InChI=1S/C10H9ClN2O3S/c11-9-5-7(1-3-12-9)10(14)13-8-2-4-17(15,16)6-8/h1-5,8H,6H2,(H,13,14). The lowest BCUT2D eigenvalue weighted by atomic mass is 10.2. The Bertz CT molecular complexity index is 583. The van der Waals surface area contributed by atoms with E-state index in [-0.39, 0.29) is 16.8 Å². The molecule has 0 aromatic carbocycles. The molecule has 1 aliphatic rings. The Labute approximate surface area is 103 Å². The zero-order chi connectivity index (χ0) is 12.5. The largest absolute Gasteiger partial charge is 0.345 e. The molecule has 1 amide bonds. The Morgan fingerprint density at radius 1 is 1.53 bits per heavy atom. The number of nitrogens with one attached hydrogen (secondary N) is 1. The van der Waals surface area contributed by atoms with Crippen molar-refractivity contribution in [3.63, 3.8) is 0 Å². The Balaban J connectivity index is 2.06. The highest BCUT2D eigenvalue weighted by Crippen LogP contribution is 2.10. The lowest BCUT2D eigenvalue weighted by Crippen LogP contribution is -2.35. The monoisotopic (exact) mass is 272 g/mol. The molecule has 1 aromatic rings. The third-order valence-electron chi connectivity index (χ3n) is 2.24. The van der Waals surface area contributed by atoms with E-state index in [0.29, 0.717) is 5.56 Å². The number of hydrogen-bond acceptors (Lipinski definition) is 4. The molecular weight excluding hydrogens is 264 g/mol. The third kappa shape index (κ3) is 3.04. The number of hydrogen-bond donors (Lipinski definition) is 1.